The van der Waals surface area contributed by atoms with Gasteiger partial charge in [0.15, 0.2) is 0 Å². The van der Waals surface area contributed by atoms with E-state index in [2.05, 4.69) is 12.1 Å². The Hall–Kier alpha value is -0.530. The zero-order valence-electron chi connectivity index (χ0n) is 10.8. The summed E-state index contributed by atoms with van der Waals surface area (Å²) >= 11 is 6.08. The Balaban J connectivity index is 1.69. The number of fused-ring (bicyclic) bond motifs is 2. The predicted octanol–water partition coefficient (Wildman–Crippen LogP) is 4.21. The van der Waals surface area contributed by atoms with Gasteiger partial charge in [0, 0.05) is 5.02 Å². The Morgan fingerprint density at radius 1 is 1.28 bits per heavy atom. The van der Waals surface area contributed by atoms with Crippen molar-refractivity contribution in [2.24, 2.45) is 23.5 Å². The topological polar surface area (TPSA) is 26.0 Å². The summed E-state index contributed by atoms with van der Waals surface area (Å²) in [6.07, 6.45) is 7.13. The van der Waals surface area contributed by atoms with E-state index in [9.17, 15) is 0 Å². The van der Waals surface area contributed by atoms with Crippen LogP contribution >= 0.6 is 11.6 Å². The van der Waals surface area contributed by atoms with E-state index in [1.807, 2.05) is 12.1 Å². The summed E-state index contributed by atoms with van der Waals surface area (Å²) in [7, 11) is 0. The van der Waals surface area contributed by atoms with Gasteiger partial charge in [-0.3, -0.25) is 0 Å². The molecule has 0 spiro atoms. The molecule has 2 bridgehead atoms. The summed E-state index contributed by atoms with van der Waals surface area (Å²) in [6, 6.07) is 8.25. The summed E-state index contributed by atoms with van der Waals surface area (Å²) in [5.41, 5.74) is 7.31. The molecule has 1 aromatic rings. The number of halogens is 1. The number of nitrogens with two attached hydrogens (primary N) is 1. The Kier molecular flexibility index (Phi) is 3.63. The van der Waals surface area contributed by atoms with E-state index in [1.165, 1.54) is 37.7 Å². The minimum atomic E-state index is 0.494. The molecule has 18 heavy (non-hydrogen) atoms. The number of rotatable bonds is 4. The molecular weight excluding hydrogens is 242 g/mol. The van der Waals surface area contributed by atoms with Crippen molar-refractivity contribution in [3.63, 3.8) is 0 Å². The van der Waals surface area contributed by atoms with Gasteiger partial charge in [-0.15, -0.1) is 0 Å². The fourth-order valence-electron chi connectivity index (χ4n) is 4.16. The van der Waals surface area contributed by atoms with Crippen LogP contribution in [-0.4, -0.2) is 6.54 Å². The molecule has 0 aromatic heterocycles. The molecule has 2 saturated carbocycles. The highest BCUT2D eigenvalue weighted by molar-refractivity contribution is 6.30. The Bertz CT molecular complexity index is 417. The van der Waals surface area contributed by atoms with E-state index < -0.39 is 0 Å². The summed E-state index contributed by atoms with van der Waals surface area (Å²) in [4.78, 5) is 0. The largest absolute Gasteiger partial charge is 0.330 e. The molecule has 0 heterocycles. The molecule has 0 saturated heterocycles. The summed E-state index contributed by atoms with van der Waals surface area (Å²) in [5.74, 6) is 3.42. The van der Waals surface area contributed by atoms with Gasteiger partial charge in [-0.1, -0.05) is 30.2 Å². The van der Waals surface area contributed by atoms with Gasteiger partial charge in [-0.05, 0) is 73.6 Å². The van der Waals surface area contributed by atoms with Crippen molar-refractivity contribution >= 4 is 11.6 Å². The highest BCUT2D eigenvalue weighted by atomic mass is 35.5. The SMILES string of the molecule is NCC(CC1CC2CCC1C2)c1cccc(Cl)c1. The van der Waals surface area contributed by atoms with Crippen LogP contribution in [0.15, 0.2) is 24.3 Å². The van der Waals surface area contributed by atoms with Crippen LogP contribution in [0.5, 0.6) is 0 Å². The third-order valence-electron chi connectivity index (χ3n) is 5.08. The van der Waals surface area contributed by atoms with E-state index in [-0.39, 0.29) is 0 Å². The molecule has 2 aliphatic rings. The second kappa shape index (κ2) is 5.22. The number of hydrogen-bond acceptors (Lipinski definition) is 1. The van der Waals surface area contributed by atoms with Crippen LogP contribution in [0.2, 0.25) is 5.02 Å². The first kappa shape index (κ1) is 12.5. The van der Waals surface area contributed by atoms with Crippen LogP contribution in [-0.2, 0) is 0 Å². The molecule has 1 nitrogen and oxygen atoms in total. The summed E-state index contributed by atoms with van der Waals surface area (Å²) < 4.78 is 0. The van der Waals surface area contributed by atoms with Crippen molar-refractivity contribution in [1.82, 2.24) is 0 Å². The van der Waals surface area contributed by atoms with Crippen molar-refractivity contribution in [2.75, 3.05) is 6.54 Å². The van der Waals surface area contributed by atoms with E-state index >= 15 is 0 Å². The molecule has 98 valence electrons. The van der Waals surface area contributed by atoms with Gasteiger partial charge >= 0.3 is 0 Å². The summed E-state index contributed by atoms with van der Waals surface area (Å²) in [5, 5.41) is 0.832. The van der Waals surface area contributed by atoms with Crippen molar-refractivity contribution in [3.05, 3.63) is 34.9 Å². The monoisotopic (exact) mass is 263 g/mol. The van der Waals surface area contributed by atoms with Gasteiger partial charge in [0.1, 0.15) is 0 Å². The zero-order chi connectivity index (χ0) is 12.5. The molecule has 2 N–H and O–H groups in total. The standard InChI is InChI=1S/C16H22ClN/c17-16-3-1-2-12(9-16)15(10-18)8-14-7-11-4-5-13(14)6-11/h1-3,9,11,13-15H,4-8,10,18H2. The lowest BCUT2D eigenvalue weighted by atomic mass is 9.80. The van der Waals surface area contributed by atoms with Crippen LogP contribution in [0.4, 0.5) is 0 Å². The molecule has 0 aliphatic heterocycles. The molecule has 0 amide bonds. The minimum Gasteiger partial charge on any atom is -0.330 e. The predicted molar refractivity (Wildman–Crippen MR) is 76.8 cm³/mol. The van der Waals surface area contributed by atoms with Crippen LogP contribution in [0.3, 0.4) is 0 Å². The second-order valence-electron chi connectivity index (χ2n) is 6.16. The highest BCUT2D eigenvalue weighted by Gasteiger charge is 2.40. The van der Waals surface area contributed by atoms with Gasteiger partial charge in [-0.25, -0.2) is 0 Å². The number of hydrogen-bond donors (Lipinski definition) is 1. The third-order valence-corrected chi connectivity index (χ3v) is 5.31. The van der Waals surface area contributed by atoms with E-state index in [0.717, 1.165) is 29.3 Å². The van der Waals surface area contributed by atoms with E-state index in [4.69, 9.17) is 17.3 Å². The van der Waals surface area contributed by atoms with Gasteiger partial charge in [0.2, 0.25) is 0 Å². The molecule has 2 aliphatic carbocycles. The molecular formula is C16H22ClN. The van der Waals surface area contributed by atoms with Crippen LogP contribution in [0, 0.1) is 17.8 Å². The van der Waals surface area contributed by atoms with Crippen molar-refractivity contribution in [2.45, 2.75) is 38.0 Å². The first-order valence-corrected chi connectivity index (χ1v) is 7.59. The van der Waals surface area contributed by atoms with Gasteiger partial charge in [0.25, 0.3) is 0 Å². The Morgan fingerprint density at radius 2 is 2.17 bits per heavy atom. The molecule has 2 heteroatoms. The van der Waals surface area contributed by atoms with E-state index in [0.29, 0.717) is 5.92 Å². The lowest BCUT2D eigenvalue weighted by Gasteiger charge is -2.26. The Morgan fingerprint density at radius 3 is 2.78 bits per heavy atom. The number of benzene rings is 1. The normalized spacial score (nSPS) is 31.8. The molecule has 0 radical (unpaired) electrons. The summed E-state index contributed by atoms with van der Waals surface area (Å²) in [6.45, 7) is 0.744. The Labute approximate surface area is 115 Å². The van der Waals surface area contributed by atoms with Gasteiger partial charge in [0.05, 0.1) is 0 Å². The third kappa shape index (κ3) is 2.44. The van der Waals surface area contributed by atoms with Crippen LogP contribution < -0.4 is 5.73 Å². The van der Waals surface area contributed by atoms with Crippen molar-refractivity contribution in [3.8, 4) is 0 Å². The lowest BCUT2D eigenvalue weighted by molar-refractivity contribution is 0.296. The van der Waals surface area contributed by atoms with Gasteiger partial charge < -0.3 is 5.73 Å². The average Bonchev–Trinajstić information content (AvgIpc) is 2.98. The maximum Gasteiger partial charge on any atom is 0.0408 e. The maximum absolute atomic E-state index is 6.08. The van der Waals surface area contributed by atoms with Crippen LogP contribution in [0.25, 0.3) is 0 Å². The minimum absolute atomic E-state index is 0.494. The first-order valence-electron chi connectivity index (χ1n) is 7.21. The molecule has 2 fully saturated rings. The van der Waals surface area contributed by atoms with Crippen LogP contribution in [0.1, 0.15) is 43.6 Å². The smallest absolute Gasteiger partial charge is 0.0408 e. The molecule has 1 aromatic carbocycles. The lowest BCUT2D eigenvalue weighted by Crippen LogP contribution is -2.19. The fraction of sp³-hybridized carbons (Fsp3) is 0.625. The molecule has 4 unspecified atom stereocenters. The van der Waals surface area contributed by atoms with Crippen molar-refractivity contribution < 1.29 is 0 Å². The molecule has 3 rings (SSSR count). The fourth-order valence-corrected chi connectivity index (χ4v) is 4.36. The highest BCUT2D eigenvalue weighted by Crippen LogP contribution is 2.51. The zero-order valence-corrected chi connectivity index (χ0v) is 11.6. The quantitative estimate of drug-likeness (QED) is 0.865. The average molecular weight is 264 g/mol. The van der Waals surface area contributed by atoms with Gasteiger partial charge in [-0.2, -0.15) is 0 Å². The second-order valence-corrected chi connectivity index (χ2v) is 6.59. The molecule has 4 atom stereocenters. The van der Waals surface area contributed by atoms with Crippen molar-refractivity contribution in [1.29, 1.82) is 0 Å². The maximum atomic E-state index is 6.08. The van der Waals surface area contributed by atoms with E-state index in [1.54, 1.807) is 0 Å². The first-order chi connectivity index (χ1) is 8.76.